The van der Waals surface area contributed by atoms with Gasteiger partial charge in [-0.2, -0.15) is 0 Å². The van der Waals surface area contributed by atoms with Crippen LogP contribution in [0.2, 0.25) is 0 Å². The zero-order chi connectivity index (χ0) is 12.1. The topological polar surface area (TPSA) is 59.6 Å². The van der Waals surface area contributed by atoms with Crippen LogP contribution in [-0.4, -0.2) is 24.7 Å². The molecule has 100 valence electrons. The minimum atomic E-state index is -0.136. The van der Waals surface area contributed by atoms with Crippen molar-refractivity contribution in [1.82, 2.24) is 0 Å². The van der Waals surface area contributed by atoms with Crippen LogP contribution in [0.3, 0.4) is 0 Å². The fraction of sp³-hybridized carbons (Fsp3) is 0.462. The molecule has 0 bridgehead atoms. The lowest BCUT2D eigenvalue weighted by Gasteiger charge is -2.20. The van der Waals surface area contributed by atoms with Crippen molar-refractivity contribution in [3.05, 3.63) is 30.3 Å². The number of nitrogens with zero attached hydrogens (tertiary/aromatic N) is 1. The van der Waals surface area contributed by atoms with Gasteiger partial charge in [-0.05, 0) is 31.9 Å². The largest absolute Gasteiger partial charge is 0.373 e. The third-order valence-corrected chi connectivity index (χ3v) is 2.93. The van der Waals surface area contributed by atoms with E-state index in [1.165, 1.54) is 0 Å². The van der Waals surface area contributed by atoms with Crippen LogP contribution < -0.4 is 11.1 Å². The monoisotopic (exact) mass is 361 g/mol. The van der Waals surface area contributed by atoms with E-state index < -0.39 is 0 Å². The molecular formula is C13H20IN3O. The zero-order valence-electron chi connectivity index (χ0n) is 10.6. The van der Waals surface area contributed by atoms with Crippen molar-refractivity contribution < 1.29 is 4.74 Å². The molecule has 0 saturated carbocycles. The maximum atomic E-state index is 5.83. The molecule has 0 radical (unpaired) electrons. The van der Waals surface area contributed by atoms with Gasteiger partial charge in [-0.25, -0.2) is 0 Å². The average Bonchev–Trinajstić information content (AvgIpc) is 2.76. The van der Waals surface area contributed by atoms with E-state index >= 15 is 0 Å². The van der Waals surface area contributed by atoms with Crippen molar-refractivity contribution in [3.8, 4) is 0 Å². The van der Waals surface area contributed by atoms with Crippen LogP contribution >= 0.6 is 24.0 Å². The molecule has 1 aromatic carbocycles. The lowest BCUT2D eigenvalue weighted by molar-refractivity contribution is 0.0284. The number of anilines is 1. The summed E-state index contributed by atoms with van der Waals surface area (Å²) in [5.74, 6) is 0.438. The van der Waals surface area contributed by atoms with Gasteiger partial charge < -0.3 is 15.8 Å². The first kappa shape index (κ1) is 15.2. The van der Waals surface area contributed by atoms with Gasteiger partial charge in [0, 0.05) is 12.3 Å². The SMILES string of the molecule is CC1(CN=C(N)Nc2ccccc2)CCCO1.I. The molecule has 0 aromatic heterocycles. The van der Waals surface area contributed by atoms with Crippen molar-refractivity contribution in [1.29, 1.82) is 0 Å². The molecule has 1 fully saturated rings. The molecular weight excluding hydrogens is 341 g/mol. The van der Waals surface area contributed by atoms with Gasteiger partial charge in [0.1, 0.15) is 0 Å². The van der Waals surface area contributed by atoms with E-state index in [2.05, 4.69) is 17.2 Å². The van der Waals surface area contributed by atoms with Crippen molar-refractivity contribution in [2.45, 2.75) is 25.4 Å². The van der Waals surface area contributed by atoms with E-state index in [1.807, 2.05) is 30.3 Å². The molecule has 0 aliphatic carbocycles. The van der Waals surface area contributed by atoms with Gasteiger partial charge in [0.15, 0.2) is 5.96 Å². The first-order chi connectivity index (χ1) is 8.18. The standard InChI is InChI=1S/C13H19N3O.HI/c1-13(8-5-9-17-13)10-15-12(14)16-11-6-3-2-4-7-11;/h2-4,6-7H,5,8-10H2,1H3,(H3,14,15,16);1H. The summed E-state index contributed by atoms with van der Waals surface area (Å²) in [5, 5.41) is 3.06. The van der Waals surface area contributed by atoms with Crippen LogP contribution in [-0.2, 0) is 4.74 Å². The van der Waals surface area contributed by atoms with Gasteiger partial charge in [0.05, 0.1) is 12.1 Å². The summed E-state index contributed by atoms with van der Waals surface area (Å²) >= 11 is 0. The van der Waals surface area contributed by atoms with Crippen LogP contribution in [0.4, 0.5) is 5.69 Å². The molecule has 1 aliphatic heterocycles. The Balaban J connectivity index is 0.00000162. The summed E-state index contributed by atoms with van der Waals surface area (Å²) in [6, 6.07) is 9.78. The Hall–Kier alpha value is -0.820. The third kappa shape index (κ3) is 4.45. The lowest BCUT2D eigenvalue weighted by Crippen LogP contribution is -2.30. The first-order valence-corrected chi connectivity index (χ1v) is 5.94. The number of aliphatic imine (C=N–C) groups is 1. The molecule has 0 amide bonds. The first-order valence-electron chi connectivity index (χ1n) is 5.94. The van der Waals surface area contributed by atoms with E-state index in [0.29, 0.717) is 12.5 Å². The molecule has 1 aromatic rings. The number of guanidine groups is 1. The zero-order valence-corrected chi connectivity index (χ0v) is 12.9. The highest BCUT2D eigenvalue weighted by Crippen LogP contribution is 2.24. The maximum Gasteiger partial charge on any atom is 0.193 e. The number of nitrogens with one attached hydrogen (secondary N) is 1. The van der Waals surface area contributed by atoms with E-state index in [9.17, 15) is 0 Å². The smallest absolute Gasteiger partial charge is 0.193 e. The van der Waals surface area contributed by atoms with Crippen LogP contribution in [0.1, 0.15) is 19.8 Å². The van der Waals surface area contributed by atoms with Crippen LogP contribution in [0, 0.1) is 0 Å². The Morgan fingerprint density at radius 2 is 2.17 bits per heavy atom. The van der Waals surface area contributed by atoms with Gasteiger partial charge in [-0.1, -0.05) is 18.2 Å². The number of ether oxygens (including phenoxy) is 1. The van der Waals surface area contributed by atoms with E-state index in [4.69, 9.17) is 10.5 Å². The molecule has 1 unspecified atom stereocenters. The molecule has 5 heteroatoms. The molecule has 1 atom stereocenters. The number of hydrogen-bond acceptors (Lipinski definition) is 2. The number of hydrogen-bond donors (Lipinski definition) is 2. The number of rotatable bonds is 3. The molecule has 18 heavy (non-hydrogen) atoms. The summed E-state index contributed by atoms with van der Waals surface area (Å²) in [7, 11) is 0. The molecule has 1 aliphatic rings. The van der Waals surface area contributed by atoms with Crippen molar-refractivity contribution in [2.75, 3.05) is 18.5 Å². The second-order valence-corrected chi connectivity index (χ2v) is 4.59. The Labute approximate surface area is 125 Å². The summed E-state index contributed by atoms with van der Waals surface area (Å²) in [5.41, 5.74) is 6.64. The highest BCUT2D eigenvalue weighted by atomic mass is 127. The van der Waals surface area contributed by atoms with Crippen LogP contribution in [0.25, 0.3) is 0 Å². The molecule has 3 N–H and O–H groups in total. The van der Waals surface area contributed by atoms with E-state index in [0.717, 1.165) is 25.1 Å². The summed E-state index contributed by atoms with van der Waals surface area (Å²) in [6.45, 7) is 3.52. The summed E-state index contributed by atoms with van der Waals surface area (Å²) < 4.78 is 5.65. The van der Waals surface area contributed by atoms with Gasteiger partial charge >= 0.3 is 0 Å². The van der Waals surface area contributed by atoms with E-state index in [1.54, 1.807) is 0 Å². The summed E-state index contributed by atoms with van der Waals surface area (Å²) in [4.78, 5) is 4.33. The second kappa shape index (κ2) is 6.94. The van der Waals surface area contributed by atoms with Crippen LogP contribution in [0.5, 0.6) is 0 Å². The normalized spacial score (nSPS) is 23.5. The second-order valence-electron chi connectivity index (χ2n) is 4.59. The van der Waals surface area contributed by atoms with Gasteiger partial charge in [-0.15, -0.1) is 24.0 Å². The van der Waals surface area contributed by atoms with Crippen LogP contribution in [0.15, 0.2) is 35.3 Å². The number of para-hydroxylation sites is 1. The van der Waals surface area contributed by atoms with Crippen molar-refractivity contribution in [3.63, 3.8) is 0 Å². The van der Waals surface area contributed by atoms with Crippen molar-refractivity contribution >= 4 is 35.6 Å². The van der Waals surface area contributed by atoms with Gasteiger partial charge in [0.25, 0.3) is 0 Å². The number of benzene rings is 1. The number of nitrogens with two attached hydrogens (primary N) is 1. The fourth-order valence-corrected chi connectivity index (χ4v) is 1.92. The predicted molar refractivity (Wildman–Crippen MR) is 85.6 cm³/mol. The Kier molecular flexibility index (Phi) is 5.87. The quantitative estimate of drug-likeness (QED) is 0.494. The fourth-order valence-electron chi connectivity index (χ4n) is 1.92. The maximum absolute atomic E-state index is 5.83. The highest BCUT2D eigenvalue weighted by Gasteiger charge is 2.29. The molecule has 1 heterocycles. The lowest BCUT2D eigenvalue weighted by atomic mass is 10.0. The highest BCUT2D eigenvalue weighted by molar-refractivity contribution is 14.0. The predicted octanol–water partition coefficient (Wildman–Crippen LogP) is 2.60. The number of halogens is 1. The van der Waals surface area contributed by atoms with Gasteiger partial charge in [-0.3, -0.25) is 4.99 Å². The van der Waals surface area contributed by atoms with Gasteiger partial charge in [0.2, 0.25) is 0 Å². The Bertz CT molecular complexity index is 388. The third-order valence-electron chi connectivity index (χ3n) is 2.93. The minimum Gasteiger partial charge on any atom is -0.373 e. The average molecular weight is 361 g/mol. The van der Waals surface area contributed by atoms with Crippen molar-refractivity contribution in [2.24, 2.45) is 10.7 Å². The molecule has 2 rings (SSSR count). The Morgan fingerprint density at radius 3 is 2.78 bits per heavy atom. The Morgan fingerprint density at radius 1 is 1.44 bits per heavy atom. The van der Waals surface area contributed by atoms with E-state index in [-0.39, 0.29) is 29.6 Å². The molecule has 1 saturated heterocycles. The summed E-state index contributed by atoms with van der Waals surface area (Å²) in [6.07, 6.45) is 2.16. The minimum absolute atomic E-state index is 0. The molecule has 0 spiro atoms. The molecule has 4 nitrogen and oxygen atoms in total.